The fraction of sp³-hybridized carbons (Fsp3) is 0.462. The van der Waals surface area contributed by atoms with Gasteiger partial charge in [0.15, 0.2) is 0 Å². The van der Waals surface area contributed by atoms with Crippen LogP contribution in [0.25, 0.3) is 0 Å². The summed E-state index contributed by atoms with van der Waals surface area (Å²) >= 11 is 0. The van der Waals surface area contributed by atoms with Crippen LogP contribution in [0.15, 0.2) is 18.2 Å². The summed E-state index contributed by atoms with van der Waals surface area (Å²) in [6, 6.07) is 6.39. The highest BCUT2D eigenvalue weighted by Gasteiger charge is 2.04. The van der Waals surface area contributed by atoms with Crippen LogP contribution in [-0.2, 0) is 0 Å². The van der Waals surface area contributed by atoms with E-state index >= 15 is 0 Å². The molecule has 0 fully saturated rings. The Labute approximate surface area is 82.0 Å². The lowest BCUT2D eigenvalue weighted by Gasteiger charge is -2.12. The molecule has 0 saturated heterocycles. The normalized spacial score (nSPS) is 11.3. The molecule has 0 aromatic heterocycles. The summed E-state index contributed by atoms with van der Waals surface area (Å²) < 4.78 is 0. The molecule has 0 N–H and O–H groups in total. The van der Waals surface area contributed by atoms with E-state index in [0.29, 0.717) is 11.8 Å². The Hall–Kier alpha value is -0.780. The lowest BCUT2D eigenvalue weighted by Crippen LogP contribution is -1.94. The predicted octanol–water partition coefficient (Wildman–Crippen LogP) is 3.99. The van der Waals surface area contributed by atoms with Crippen molar-refractivity contribution in [2.75, 3.05) is 0 Å². The smallest absolute Gasteiger partial charge is 0.00118 e. The predicted molar refractivity (Wildman–Crippen MR) is 58.0 cm³/mol. The summed E-state index contributed by atoms with van der Waals surface area (Å²) in [6.07, 6.45) is 0. The number of benzene rings is 1. The average Bonchev–Trinajstić information content (AvgIpc) is 2.03. The summed E-state index contributed by atoms with van der Waals surface area (Å²) in [5, 5.41) is 0. The highest BCUT2D eigenvalue weighted by Crippen LogP contribution is 2.22. The second-order valence-corrected chi connectivity index (χ2v) is 4.24. The molecule has 2 radical (unpaired) electrons. The van der Waals surface area contributed by atoms with E-state index in [2.05, 4.69) is 45.9 Å². The van der Waals surface area contributed by atoms with Gasteiger partial charge in [-0.1, -0.05) is 45.9 Å². The molecule has 70 valence electrons. The molecular weight excluding hydrogens is 156 g/mol. The van der Waals surface area contributed by atoms with Crippen molar-refractivity contribution in [2.24, 2.45) is 0 Å². The van der Waals surface area contributed by atoms with Crippen molar-refractivity contribution in [1.29, 1.82) is 0 Å². The third-order valence-electron chi connectivity index (χ3n) is 2.33. The number of hydrogen-bond donors (Lipinski definition) is 0. The monoisotopic (exact) mass is 174 g/mol. The fourth-order valence-corrected chi connectivity index (χ4v) is 1.37. The highest BCUT2D eigenvalue weighted by molar-refractivity contribution is 5.34. The average molecular weight is 174 g/mol. The molecule has 1 rings (SSSR count). The SMILES string of the molecule is [CH]c1cc(C(C)C)cc(C(C)C)c1. The van der Waals surface area contributed by atoms with Crippen LogP contribution in [0.4, 0.5) is 0 Å². The van der Waals surface area contributed by atoms with E-state index in [-0.39, 0.29) is 0 Å². The first kappa shape index (κ1) is 10.3. The fourth-order valence-electron chi connectivity index (χ4n) is 1.37. The molecule has 0 heteroatoms. The lowest BCUT2D eigenvalue weighted by molar-refractivity contribution is 0.832. The lowest BCUT2D eigenvalue weighted by atomic mass is 9.94. The molecule has 0 bridgehead atoms. The summed E-state index contributed by atoms with van der Waals surface area (Å²) in [7, 11) is 0. The second kappa shape index (κ2) is 3.95. The van der Waals surface area contributed by atoms with Crippen LogP contribution in [0.5, 0.6) is 0 Å². The van der Waals surface area contributed by atoms with Crippen LogP contribution in [0.3, 0.4) is 0 Å². The molecule has 0 aliphatic heterocycles. The Bertz CT molecular complexity index is 256. The van der Waals surface area contributed by atoms with Crippen LogP contribution in [-0.4, -0.2) is 0 Å². The molecular formula is C13H18. The Morgan fingerprint density at radius 3 is 1.54 bits per heavy atom. The maximum Gasteiger partial charge on any atom is -0.00118 e. The standard InChI is InChI=1S/C13H18/c1-9(2)12-6-11(5)7-13(8-12)10(3)4/h5-10H,1-4H3. The summed E-state index contributed by atoms with van der Waals surface area (Å²) in [5.74, 6) is 1.11. The first-order valence-electron chi connectivity index (χ1n) is 4.91. The van der Waals surface area contributed by atoms with E-state index in [1.807, 2.05) is 0 Å². The second-order valence-electron chi connectivity index (χ2n) is 4.24. The molecule has 0 nitrogen and oxygen atoms in total. The Kier molecular flexibility index (Phi) is 3.13. The molecule has 0 atom stereocenters. The van der Waals surface area contributed by atoms with Crippen molar-refractivity contribution in [2.45, 2.75) is 39.5 Å². The van der Waals surface area contributed by atoms with Gasteiger partial charge in [-0.05, 0) is 35.4 Å². The molecule has 13 heavy (non-hydrogen) atoms. The van der Waals surface area contributed by atoms with Crippen molar-refractivity contribution in [3.63, 3.8) is 0 Å². The maximum absolute atomic E-state index is 5.84. The minimum absolute atomic E-state index is 0.556. The van der Waals surface area contributed by atoms with Gasteiger partial charge in [0.1, 0.15) is 0 Å². The van der Waals surface area contributed by atoms with Gasteiger partial charge in [0, 0.05) is 0 Å². The quantitative estimate of drug-likeness (QED) is 0.636. The van der Waals surface area contributed by atoms with E-state index < -0.39 is 0 Å². The van der Waals surface area contributed by atoms with Crippen LogP contribution in [0, 0.1) is 6.92 Å². The zero-order valence-corrected chi connectivity index (χ0v) is 8.96. The first-order chi connectivity index (χ1) is 6.00. The van der Waals surface area contributed by atoms with E-state index in [1.54, 1.807) is 0 Å². The topological polar surface area (TPSA) is 0 Å². The zero-order chi connectivity index (χ0) is 10.0. The Balaban J connectivity index is 3.11. The molecule has 0 saturated carbocycles. The summed E-state index contributed by atoms with van der Waals surface area (Å²) in [4.78, 5) is 0. The van der Waals surface area contributed by atoms with Gasteiger partial charge in [0.2, 0.25) is 0 Å². The van der Waals surface area contributed by atoms with Gasteiger partial charge in [0.05, 0.1) is 0 Å². The van der Waals surface area contributed by atoms with E-state index in [4.69, 9.17) is 6.92 Å². The maximum atomic E-state index is 5.84. The molecule has 1 aromatic carbocycles. The Morgan fingerprint density at radius 1 is 0.846 bits per heavy atom. The summed E-state index contributed by atoms with van der Waals surface area (Å²) in [6.45, 7) is 14.6. The zero-order valence-electron chi connectivity index (χ0n) is 8.96. The molecule has 0 spiro atoms. The van der Waals surface area contributed by atoms with Crippen LogP contribution in [0.1, 0.15) is 56.2 Å². The van der Waals surface area contributed by atoms with Crippen LogP contribution < -0.4 is 0 Å². The van der Waals surface area contributed by atoms with Crippen molar-refractivity contribution >= 4 is 0 Å². The molecule has 0 unspecified atom stereocenters. The highest BCUT2D eigenvalue weighted by atomic mass is 14.1. The van der Waals surface area contributed by atoms with Gasteiger partial charge in [-0.15, -0.1) is 0 Å². The molecule has 0 aliphatic carbocycles. The van der Waals surface area contributed by atoms with Gasteiger partial charge < -0.3 is 0 Å². The van der Waals surface area contributed by atoms with Crippen LogP contribution >= 0.6 is 0 Å². The first-order valence-corrected chi connectivity index (χ1v) is 4.91. The van der Waals surface area contributed by atoms with Gasteiger partial charge in [-0.2, -0.15) is 0 Å². The number of rotatable bonds is 2. The van der Waals surface area contributed by atoms with E-state index in [0.717, 1.165) is 5.56 Å². The van der Waals surface area contributed by atoms with Crippen molar-refractivity contribution in [3.05, 3.63) is 41.8 Å². The third-order valence-corrected chi connectivity index (χ3v) is 2.33. The van der Waals surface area contributed by atoms with Gasteiger partial charge in [-0.3, -0.25) is 0 Å². The van der Waals surface area contributed by atoms with Gasteiger partial charge in [-0.25, -0.2) is 0 Å². The van der Waals surface area contributed by atoms with Gasteiger partial charge in [0.25, 0.3) is 0 Å². The molecule has 0 amide bonds. The van der Waals surface area contributed by atoms with Crippen LogP contribution in [0.2, 0.25) is 0 Å². The minimum atomic E-state index is 0.556. The van der Waals surface area contributed by atoms with Gasteiger partial charge >= 0.3 is 0 Å². The Morgan fingerprint density at radius 2 is 1.23 bits per heavy atom. The van der Waals surface area contributed by atoms with E-state index in [9.17, 15) is 0 Å². The van der Waals surface area contributed by atoms with Crippen molar-refractivity contribution in [1.82, 2.24) is 0 Å². The molecule has 1 aromatic rings. The van der Waals surface area contributed by atoms with Crippen molar-refractivity contribution in [3.8, 4) is 0 Å². The minimum Gasteiger partial charge on any atom is -0.0587 e. The largest absolute Gasteiger partial charge is 0.0587 e. The van der Waals surface area contributed by atoms with Crippen molar-refractivity contribution < 1.29 is 0 Å². The molecule has 0 aliphatic rings. The van der Waals surface area contributed by atoms with E-state index in [1.165, 1.54) is 11.1 Å². The molecule has 0 heterocycles. The number of hydrogen-bond acceptors (Lipinski definition) is 0. The third kappa shape index (κ3) is 2.58. The summed E-state index contributed by atoms with van der Waals surface area (Å²) in [5.41, 5.74) is 3.56.